The summed E-state index contributed by atoms with van der Waals surface area (Å²) in [5, 5.41) is 3.01. The van der Waals surface area contributed by atoms with E-state index in [0.29, 0.717) is 11.5 Å². The largest absolute Gasteiger partial charge is 0.358 e. The first-order valence-corrected chi connectivity index (χ1v) is 14.2. The number of aryl methyl sites for hydroxylation is 1. The third-order valence-electron chi connectivity index (χ3n) is 8.88. The number of hydrogen-bond acceptors (Lipinski definition) is 5. The number of likely N-dealkylation sites (tertiary alicyclic amines) is 1. The maximum atomic E-state index is 13.8. The Kier molecular flexibility index (Phi) is 6.25. The zero-order valence-electron chi connectivity index (χ0n) is 22.4. The van der Waals surface area contributed by atoms with Crippen LogP contribution >= 0.6 is 0 Å². The molecule has 7 heteroatoms. The van der Waals surface area contributed by atoms with Crippen molar-refractivity contribution in [1.82, 2.24) is 25.3 Å². The summed E-state index contributed by atoms with van der Waals surface area (Å²) in [6.45, 7) is 6.14. The summed E-state index contributed by atoms with van der Waals surface area (Å²) >= 11 is 0. The van der Waals surface area contributed by atoms with Crippen molar-refractivity contribution in [3.8, 4) is 0 Å². The van der Waals surface area contributed by atoms with Crippen LogP contribution in [0.1, 0.15) is 53.6 Å². The number of benzene rings is 2. The molecule has 39 heavy (non-hydrogen) atoms. The molecule has 2 aromatic carbocycles. The Morgan fingerprint density at radius 1 is 1.05 bits per heavy atom. The van der Waals surface area contributed by atoms with Crippen molar-refractivity contribution in [3.63, 3.8) is 0 Å². The van der Waals surface area contributed by atoms with E-state index in [1.54, 1.807) is 17.5 Å². The Morgan fingerprint density at radius 2 is 1.87 bits per heavy atom. The van der Waals surface area contributed by atoms with Crippen LogP contribution in [0, 0.1) is 6.92 Å². The monoisotopic (exact) mass is 521 g/mol. The summed E-state index contributed by atoms with van der Waals surface area (Å²) in [5.74, 6) is 0.686. The number of hydrogen-bond donors (Lipinski definition) is 2. The first-order valence-electron chi connectivity index (χ1n) is 14.2. The average Bonchev–Trinajstić information content (AvgIpc) is 3.58. The van der Waals surface area contributed by atoms with Crippen molar-refractivity contribution < 1.29 is 9.73 Å². The molecule has 1 aromatic heterocycles. The van der Waals surface area contributed by atoms with Gasteiger partial charge in [-0.25, -0.2) is 10.5 Å². The predicted molar refractivity (Wildman–Crippen MR) is 152 cm³/mol. The van der Waals surface area contributed by atoms with Gasteiger partial charge in [0.15, 0.2) is 0 Å². The number of H-pyrrole nitrogens is 1. The number of allylic oxidation sites excluding steroid dienone is 1. The molecule has 4 aliphatic rings. The highest BCUT2D eigenvalue weighted by atomic mass is 16.8. The molecule has 0 aliphatic carbocycles. The summed E-state index contributed by atoms with van der Waals surface area (Å²) < 4.78 is 0. The van der Waals surface area contributed by atoms with E-state index in [4.69, 9.17) is 4.94 Å². The van der Waals surface area contributed by atoms with Crippen molar-refractivity contribution in [2.45, 2.75) is 44.6 Å². The molecule has 2 N–H and O–H groups in total. The predicted octanol–water partition coefficient (Wildman–Crippen LogP) is 5.22. The number of aromatic nitrogens is 1. The van der Waals surface area contributed by atoms with E-state index in [2.05, 4.69) is 75.7 Å². The second-order valence-electron chi connectivity index (χ2n) is 11.1. The van der Waals surface area contributed by atoms with Gasteiger partial charge in [0.25, 0.3) is 5.91 Å². The minimum Gasteiger partial charge on any atom is -0.358 e. The topological polar surface area (TPSA) is 63.8 Å². The fraction of sp³-hybridized carbons (Fsp3) is 0.344. The van der Waals surface area contributed by atoms with Crippen LogP contribution in [0.4, 0.5) is 0 Å². The van der Waals surface area contributed by atoms with E-state index in [9.17, 15) is 4.79 Å². The minimum absolute atomic E-state index is 0.0790. The second kappa shape index (κ2) is 10.1. The van der Waals surface area contributed by atoms with Crippen LogP contribution in [0.3, 0.4) is 0 Å². The number of nitrogens with one attached hydrogen (secondary N) is 2. The lowest BCUT2D eigenvalue weighted by Crippen LogP contribution is -2.43. The number of amides is 1. The van der Waals surface area contributed by atoms with Crippen molar-refractivity contribution in [3.05, 3.63) is 107 Å². The molecule has 1 unspecified atom stereocenters. The number of para-hydroxylation sites is 1. The Labute approximate surface area is 229 Å². The molecular weight excluding hydrogens is 486 g/mol. The van der Waals surface area contributed by atoms with E-state index in [1.807, 2.05) is 12.2 Å². The number of fused-ring (bicyclic) bond motifs is 3. The summed E-state index contributed by atoms with van der Waals surface area (Å²) in [5.41, 5.74) is 11.0. The summed E-state index contributed by atoms with van der Waals surface area (Å²) in [4.78, 5) is 27.4. The maximum Gasteiger partial charge on any atom is 0.254 e. The quantitative estimate of drug-likeness (QED) is 0.482. The SMILES string of the molecule is Cc1[nH]c2ccccc2c1C1CCN(CCC2c3ccccc3CCN2C(=O)C2=CC3=CNON3C=C2)CC1. The number of aromatic amines is 1. The number of rotatable bonds is 5. The van der Waals surface area contributed by atoms with Crippen LogP contribution in [0.5, 0.6) is 0 Å². The van der Waals surface area contributed by atoms with E-state index in [-0.39, 0.29) is 11.9 Å². The molecule has 5 heterocycles. The van der Waals surface area contributed by atoms with Crippen molar-refractivity contribution >= 4 is 16.8 Å². The molecular formula is C32H35N5O2. The zero-order chi connectivity index (χ0) is 26.3. The average molecular weight is 522 g/mol. The highest BCUT2D eigenvalue weighted by molar-refractivity contribution is 5.97. The van der Waals surface area contributed by atoms with Crippen LogP contribution in [0.15, 0.2) is 84.4 Å². The third kappa shape index (κ3) is 4.45. The van der Waals surface area contributed by atoms with Gasteiger partial charge in [0, 0.05) is 41.5 Å². The highest BCUT2D eigenvalue weighted by Gasteiger charge is 2.33. The lowest BCUT2D eigenvalue weighted by Gasteiger charge is -2.40. The lowest BCUT2D eigenvalue weighted by atomic mass is 9.87. The van der Waals surface area contributed by atoms with Crippen molar-refractivity contribution in [2.75, 3.05) is 26.2 Å². The van der Waals surface area contributed by atoms with Gasteiger partial charge in [-0.05, 0) is 86.5 Å². The fourth-order valence-electron chi connectivity index (χ4n) is 6.92. The van der Waals surface area contributed by atoms with Crippen LogP contribution in [0.25, 0.3) is 10.9 Å². The van der Waals surface area contributed by atoms with Crippen LogP contribution in [0.2, 0.25) is 0 Å². The number of nitrogens with zero attached hydrogens (tertiary/aromatic N) is 3. The first kappa shape index (κ1) is 24.2. The molecule has 7 nitrogen and oxygen atoms in total. The molecule has 1 amide bonds. The third-order valence-corrected chi connectivity index (χ3v) is 8.88. The summed E-state index contributed by atoms with van der Waals surface area (Å²) in [6.07, 6.45) is 11.5. The van der Waals surface area contributed by atoms with Gasteiger partial charge in [0.1, 0.15) is 0 Å². The minimum atomic E-state index is 0.0790. The van der Waals surface area contributed by atoms with Crippen molar-refractivity contribution in [2.24, 2.45) is 0 Å². The van der Waals surface area contributed by atoms with Crippen LogP contribution in [-0.4, -0.2) is 51.9 Å². The van der Waals surface area contributed by atoms with E-state index in [0.717, 1.165) is 44.7 Å². The molecule has 3 aromatic rings. The van der Waals surface area contributed by atoms with Gasteiger partial charge in [0.05, 0.1) is 17.9 Å². The molecule has 1 saturated heterocycles. The fourth-order valence-corrected chi connectivity index (χ4v) is 6.92. The normalized spacial score (nSPS) is 21.4. The molecule has 7 rings (SSSR count). The Bertz CT molecular complexity index is 1490. The standard InChI is InChI=1S/C32H35N5O2/c1-22-31(28-8-4-5-9-29(28)34-22)24-10-15-35(16-11-24)17-14-30-27-7-3-2-6-23(27)12-18-36(30)32(38)25-13-19-37-26(20-25)21-33-39-37/h2-9,13,19-21,24,30,33-34H,10-12,14-18H2,1H3. The maximum absolute atomic E-state index is 13.8. The van der Waals surface area contributed by atoms with Gasteiger partial charge < -0.3 is 14.8 Å². The van der Waals surface area contributed by atoms with E-state index < -0.39 is 0 Å². The molecule has 200 valence electrons. The summed E-state index contributed by atoms with van der Waals surface area (Å²) in [7, 11) is 0. The zero-order valence-corrected chi connectivity index (χ0v) is 22.4. The molecule has 0 saturated carbocycles. The number of carbonyl (C=O) groups excluding carboxylic acids is 1. The molecule has 4 aliphatic heterocycles. The molecule has 0 bridgehead atoms. The Hall–Kier alpha value is -3.81. The van der Waals surface area contributed by atoms with Crippen molar-refractivity contribution in [1.29, 1.82) is 0 Å². The van der Waals surface area contributed by atoms with Crippen LogP contribution < -0.4 is 5.48 Å². The van der Waals surface area contributed by atoms with E-state index >= 15 is 0 Å². The van der Waals surface area contributed by atoms with E-state index in [1.165, 1.54) is 46.1 Å². The van der Waals surface area contributed by atoms with Gasteiger partial charge in [-0.2, -0.15) is 4.94 Å². The van der Waals surface area contributed by atoms with Gasteiger partial charge >= 0.3 is 0 Å². The first-order chi connectivity index (χ1) is 19.2. The number of hydroxylamine groups is 3. The number of piperidine rings is 1. The van der Waals surface area contributed by atoms with Gasteiger partial charge in [-0.1, -0.05) is 42.5 Å². The molecule has 0 spiro atoms. The number of carbonyl (C=O) groups is 1. The molecule has 1 atom stereocenters. The van der Waals surface area contributed by atoms with Gasteiger partial charge in [-0.15, -0.1) is 0 Å². The van der Waals surface area contributed by atoms with Crippen LogP contribution in [-0.2, 0) is 16.2 Å². The van der Waals surface area contributed by atoms with Gasteiger partial charge in [0.2, 0.25) is 0 Å². The molecule has 0 radical (unpaired) electrons. The Morgan fingerprint density at radius 3 is 2.77 bits per heavy atom. The Balaban J connectivity index is 1.05. The lowest BCUT2D eigenvalue weighted by molar-refractivity contribution is -0.130. The smallest absolute Gasteiger partial charge is 0.254 e. The van der Waals surface area contributed by atoms with Gasteiger partial charge in [-0.3, -0.25) is 4.79 Å². The second-order valence-corrected chi connectivity index (χ2v) is 11.1. The molecule has 1 fully saturated rings. The highest BCUT2D eigenvalue weighted by Crippen LogP contribution is 2.37. The summed E-state index contributed by atoms with van der Waals surface area (Å²) in [6, 6.07) is 17.4.